The van der Waals surface area contributed by atoms with Crippen LogP contribution in [0.2, 0.25) is 0 Å². The average Bonchev–Trinajstić information content (AvgIpc) is 2.63. The smallest absolute Gasteiger partial charge is 0.146 e. The Morgan fingerprint density at radius 3 is 2.42 bits per heavy atom. The summed E-state index contributed by atoms with van der Waals surface area (Å²) in [6, 6.07) is 8.53. The van der Waals surface area contributed by atoms with Gasteiger partial charge < -0.3 is 5.32 Å². The van der Waals surface area contributed by atoms with Crippen LogP contribution in [-0.4, -0.2) is 25.7 Å². The Bertz CT molecular complexity index is 777. The summed E-state index contributed by atoms with van der Waals surface area (Å²) < 4.78 is 0. The molecule has 0 fully saturated rings. The zero-order valence-corrected chi connectivity index (χ0v) is 14.5. The zero-order chi connectivity index (χ0) is 16.8. The first-order valence-electron chi connectivity index (χ1n) is 7.83. The van der Waals surface area contributed by atoms with Crippen LogP contribution in [0.1, 0.15) is 25.5 Å². The summed E-state index contributed by atoms with van der Waals surface area (Å²) in [4.78, 5) is 16.9. The van der Waals surface area contributed by atoms with Crippen molar-refractivity contribution in [1.82, 2.24) is 19.9 Å². The minimum absolute atomic E-state index is 0.141. The van der Waals surface area contributed by atoms with Crippen molar-refractivity contribution in [3.8, 4) is 11.1 Å². The van der Waals surface area contributed by atoms with Crippen LogP contribution >= 0.6 is 11.8 Å². The Labute approximate surface area is 146 Å². The Morgan fingerprint density at radius 1 is 0.958 bits per heavy atom. The molecule has 1 aromatic carbocycles. The maximum Gasteiger partial charge on any atom is 0.146 e. The van der Waals surface area contributed by atoms with E-state index in [1.807, 2.05) is 12.4 Å². The summed E-state index contributed by atoms with van der Waals surface area (Å²) in [6.45, 7) is 4.22. The van der Waals surface area contributed by atoms with E-state index >= 15 is 0 Å². The van der Waals surface area contributed by atoms with Gasteiger partial charge in [0.25, 0.3) is 0 Å². The molecule has 0 saturated carbocycles. The number of anilines is 1. The molecule has 3 rings (SSSR count). The van der Waals surface area contributed by atoms with Gasteiger partial charge in [0.1, 0.15) is 17.2 Å². The highest BCUT2D eigenvalue weighted by Gasteiger charge is 2.08. The number of benzene rings is 1. The molecule has 3 aromatic rings. The second-order valence-corrected chi connectivity index (χ2v) is 6.58. The summed E-state index contributed by atoms with van der Waals surface area (Å²) in [5.41, 5.74) is 3.30. The number of hydrogen-bond acceptors (Lipinski definition) is 6. The molecule has 2 heterocycles. The average molecular weight is 337 g/mol. The highest BCUT2D eigenvalue weighted by molar-refractivity contribution is 7.99. The molecular formula is C18H19N5S. The molecular weight excluding hydrogens is 318 g/mol. The van der Waals surface area contributed by atoms with Crippen LogP contribution in [0.3, 0.4) is 0 Å². The molecule has 0 spiro atoms. The molecule has 2 aromatic heterocycles. The molecule has 0 aliphatic heterocycles. The zero-order valence-electron chi connectivity index (χ0n) is 13.7. The van der Waals surface area contributed by atoms with E-state index in [1.165, 1.54) is 11.9 Å². The first kappa shape index (κ1) is 16.4. The molecule has 24 heavy (non-hydrogen) atoms. The van der Waals surface area contributed by atoms with Gasteiger partial charge in [0.05, 0.1) is 12.4 Å². The topological polar surface area (TPSA) is 63.6 Å². The van der Waals surface area contributed by atoms with E-state index in [4.69, 9.17) is 0 Å². The fourth-order valence-electron chi connectivity index (χ4n) is 2.35. The van der Waals surface area contributed by atoms with Gasteiger partial charge in [-0.3, -0.25) is 4.98 Å². The largest absolute Gasteiger partial charge is 0.362 e. The maximum absolute atomic E-state index is 4.57. The summed E-state index contributed by atoms with van der Waals surface area (Å²) in [5, 5.41) is 4.34. The van der Waals surface area contributed by atoms with Crippen molar-refractivity contribution in [1.29, 1.82) is 0 Å². The van der Waals surface area contributed by atoms with Gasteiger partial charge in [-0.25, -0.2) is 15.0 Å². The fraction of sp³-hybridized carbons (Fsp3) is 0.222. The van der Waals surface area contributed by atoms with E-state index in [1.54, 1.807) is 24.2 Å². The monoisotopic (exact) mass is 337 g/mol. The molecule has 1 atom stereocenters. The second kappa shape index (κ2) is 7.88. The molecule has 0 unspecified atom stereocenters. The molecule has 1 N–H and O–H groups in total. The number of hydrogen-bond donors (Lipinski definition) is 1. The Morgan fingerprint density at radius 2 is 1.71 bits per heavy atom. The first-order chi connectivity index (χ1) is 11.8. The summed E-state index contributed by atoms with van der Waals surface area (Å²) in [5.74, 6) is 1.78. The van der Waals surface area contributed by atoms with Crippen LogP contribution in [-0.2, 0) is 0 Å². The van der Waals surface area contributed by atoms with Crippen LogP contribution in [0, 0.1) is 0 Å². The van der Waals surface area contributed by atoms with E-state index < -0.39 is 0 Å². The van der Waals surface area contributed by atoms with E-state index in [-0.39, 0.29) is 6.04 Å². The van der Waals surface area contributed by atoms with E-state index in [2.05, 4.69) is 63.4 Å². The number of nitrogens with one attached hydrogen (secondary N) is 1. The van der Waals surface area contributed by atoms with E-state index in [9.17, 15) is 0 Å². The van der Waals surface area contributed by atoms with Crippen molar-refractivity contribution in [2.45, 2.75) is 24.9 Å². The van der Waals surface area contributed by atoms with Gasteiger partial charge >= 0.3 is 0 Å². The van der Waals surface area contributed by atoms with Gasteiger partial charge in [-0.2, -0.15) is 0 Å². The predicted octanol–water partition coefficient (Wildman–Crippen LogP) is 4.22. The number of rotatable bonds is 6. The highest BCUT2D eigenvalue weighted by Crippen LogP contribution is 2.23. The van der Waals surface area contributed by atoms with Crippen LogP contribution < -0.4 is 5.32 Å². The number of nitrogens with zero attached hydrogens (tertiary/aromatic N) is 4. The molecule has 0 amide bonds. The van der Waals surface area contributed by atoms with Gasteiger partial charge in [-0.1, -0.05) is 31.2 Å². The van der Waals surface area contributed by atoms with Crippen molar-refractivity contribution < 1.29 is 0 Å². The van der Waals surface area contributed by atoms with Gasteiger partial charge in [-0.15, -0.1) is 11.8 Å². The third-order valence-electron chi connectivity index (χ3n) is 3.57. The van der Waals surface area contributed by atoms with Crippen molar-refractivity contribution in [2.24, 2.45) is 0 Å². The minimum atomic E-state index is 0.141. The second-order valence-electron chi connectivity index (χ2n) is 5.29. The third-order valence-corrected chi connectivity index (χ3v) is 4.35. The molecule has 122 valence electrons. The molecule has 0 saturated heterocycles. The first-order valence-corrected chi connectivity index (χ1v) is 8.81. The van der Waals surface area contributed by atoms with Crippen LogP contribution in [0.5, 0.6) is 0 Å². The predicted molar refractivity (Wildman–Crippen MR) is 97.9 cm³/mol. The molecule has 5 nitrogen and oxygen atoms in total. The van der Waals surface area contributed by atoms with E-state index in [0.717, 1.165) is 27.7 Å². The minimum Gasteiger partial charge on any atom is -0.362 e. The van der Waals surface area contributed by atoms with Crippen molar-refractivity contribution in [3.05, 3.63) is 60.9 Å². The molecule has 0 bridgehead atoms. The molecule has 0 aliphatic carbocycles. The number of thioether (sulfide) groups is 1. The lowest BCUT2D eigenvalue weighted by molar-refractivity contribution is 0.862. The highest BCUT2D eigenvalue weighted by atomic mass is 32.2. The van der Waals surface area contributed by atoms with Gasteiger partial charge in [-0.05, 0) is 23.8 Å². The molecule has 0 aliphatic rings. The lowest BCUT2D eigenvalue weighted by atomic mass is 10.0. The molecule has 6 heteroatoms. The Kier molecular flexibility index (Phi) is 5.38. The van der Waals surface area contributed by atoms with Crippen LogP contribution in [0.25, 0.3) is 11.1 Å². The van der Waals surface area contributed by atoms with Gasteiger partial charge in [0.15, 0.2) is 0 Å². The standard InChI is InChI=1S/C18H19N5S/c1-3-24-18-11-19-10-17(23-18)22-13(2)14-4-6-15(7-5-14)16-8-20-12-21-9-16/h4-13H,3H2,1-2H3,(H,22,23)/t13-/m0/s1. The summed E-state index contributed by atoms with van der Waals surface area (Å²) in [7, 11) is 0. The lowest BCUT2D eigenvalue weighted by Crippen LogP contribution is -2.08. The van der Waals surface area contributed by atoms with Crippen LogP contribution in [0.15, 0.2) is 60.4 Å². The Balaban J connectivity index is 1.71. The SMILES string of the molecule is CCSc1cncc(N[C@@H](C)c2ccc(-c3cncnc3)cc2)n1. The maximum atomic E-state index is 4.57. The summed E-state index contributed by atoms with van der Waals surface area (Å²) >= 11 is 1.69. The lowest BCUT2D eigenvalue weighted by Gasteiger charge is -2.15. The third kappa shape index (κ3) is 4.08. The van der Waals surface area contributed by atoms with Gasteiger partial charge in [0, 0.05) is 24.0 Å². The van der Waals surface area contributed by atoms with Crippen LogP contribution in [0.4, 0.5) is 5.82 Å². The normalized spacial score (nSPS) is 11.9. The fourth-order valence-corrected chi connectivity index (χ4v) is 2.95. The van der Waals surface area contributed by atoms with Gasteiger partial charge in [0.2, 0.25) is 0 Å². The summed E-state index contributed by atoms with van der Waals surface area (Å²) in [6.07, 6.45) is 8.72. The number of aromatic nitrogens is 4. The quantitative estimate of drug-likeness (QED) is 0.680. The van der Waals surface area contributed by atoms with Crippen molar-refractivity contribution >= 4 is 17.6 Å². The van der Waals surface area contributed by atoms with Crippen molar-refractivity contribution in [3.63, 3.8) is 0 Å². The van der Waals surface area contributed by atoms with E-state index in [0.29, 0.717) is 0 Å². The Hall–Kier alpha value is -2.47. The van der Waals surface area contributed by atoms with Crippen molar-refractivity contribution in [2.75, 3.05) is 11.1 Å². The molecule has 0 radical (unpaired) electrons.